The summed E-state index contributed by atoms with van der Waals surface area (Å²) < 4.78 is 32.3. The van der Waals surface area contributed by atoms with Gasteiger partial charge in [0.15, 0.2) is 0 Å². The van der Waals surface area contributed by atoms with E-state index < -0.39 is 22.0 Å². The van der Waals surface area contributed by atoms with Crippen LogP contribution in [0.1, 0.15) is 20.8 Å². The Morgan fingerprint density at radius 1 is 1.47 bits per heavy atom. The van der Waals surface area contributed by atoms with Crippen LogP contribution in [0.2, 0.25) is 0 Å². The zero-order valence-electron chi connectivity index (χ0n) is 8.76. The van der Waals surface area contributed by atoms with Gasteiger partial charge in [-0.3, -0.25) is 0 Å². The van der Waals surface area contributed by atoms with Crippen LogP contribution in [0.4, 0.5) is 4.79 Å². The van der Waals surface area contributed by atoms with E-state index in [0.29, 0.717) is 4.31 Å². The van der Waals surface area contributed by atoms with Gasteiger partial charge in [-0.1, -0.05) is 0 Å². The quantitative estimate of drug-likeness (QED) is 0.626. The van der Waals surface area contributed by atoms with Crippen LogP contribution < -0.4 is 0 Å². The second-order valence-corrected chi connectivity index (χ2v) is 5.43. The van der Waals surface area contributed by atoms with Crippen molar-refractivity contribution in [2.75, 3.05) is 6.54 Å². The summed E-state index contributed by atoms with van der Waals surface area (Å²) in [6.45, 7) is 4.88. The van der Waals surface area contributed by atoms with Crippen molar-refractivity contribution in [3.8, 4) is 0 Å². The van der Waals surface area contributed by atoms with Crippen LogP contribution in [0, 0.1) is 0 Å². The lowest BCUT2D eigenvalue weighted by atomic mass is 10.2. The molecule has 15 heavy (non-hydrogen) atoms. The Bertz CT molecular complexity index is 378. The number of rotatable bonds is 0. The topological polar surface area (TPSA) is 72.9 Å². The first-order valence-corrected chi connectivity index (χ1v) is 5.68. The number of hydrogen-bond acceptors (Lipinski definition) is 5. The predicted octanol–water partition coefficient (Wildman–Crippen LogP) is 1.01. The summed E-state index contributed by atoms with van der Waals surface area (Å²) in [5.41, 5.74) is -0.742. The maximum atomic E-state index is 11.4. The van der Waals surface area contributed by atoms with Crippen molar-refractivity contribution in [2.24, 2.45) is 0 Å². The van der Waals surface area contributed by atoms with Gasteiger partial charge in [0.1, 0.15) is 11.9 Å². The molecule has 0 saturated heterocycles. The van der Waals surface area contributed by atoms with Crippen molar-refractivity contribution in [1.82, 2.24) is 4.31 Å². The van der Waals surface area contributed by atoms with Crippen LogP contribution in [-0.2, 0) is 19.2 Å². The van der Waals surface area contributed by atoms with E-state index in [-0.39, 0.29) is 6.54 Å². The van der Waals surface area contributed by atoms with Gasteiger partial charge in [0.2, 0.25) is 0 Å². The van der Waals surface area contributed by atoms with Crippen LogP contribution in [0.25, 0.3) is 0 Å². The van der Waals surface area contributed by atoms with Gasteiger partial charge in [0, 0.05) is 0 Å². The van der Waals surface area contributed by atoms with Crippen molar-refractivity contribution in [1.29, 1.82) is 0 Å². The normalized spacial score (nSPS) is 19.5. The minimum atomic E-state index is -4.02. The number of carbonyl (C=O) groups is 1. The van der Waals surface area contributed by atoms with Crippen LogP contribution in [0.3, 0.4) is 0 Å². The molecule has 0 atom stereocenters. The number of nitrogens with zero attached hydrogens (tertiary/aromatic N) is 1. The second-order valence-electron chi connectivity index (χ2n) is 3.94. The van der Waals surface area contributed by atoms with E-state index in [1.54, 1.807) is 20.8 Å². The lowest BCUT2D eigenvalue weighted by molar-refractivity contribution is 0.0386. The highest BCUT2D eigenvalue weighted by Crippen LogP contribution is 2.15. The molecular formula is C8H13NO5S. The van der Waals surface area contributed by atoms with E-state index >= 15 is 0 Å². The third kappa shape index (κ3) is 3.12. The summed E-state index contributed by atoms with van der Waals surface area (Å²) in [5.74, 6) is 0. The van der Waals surface area contributed by atoms with Gasteiger partial charge < -0.3 is 8.92 Å². The lowest BCUT2D eigenvalue weighted by Gasteiger charge is -2.26. The first-order chi connectivity index (χ1) is 6.72. The third-order valence-corrected chi connectivity index (χ3v) is 2.60. The van der Waals surface area contributed by atoms with Crippen LogP contribution in [-0.4, -0.2) is 31.0 Å². The van der Waals surface area contributed by atoms with Gasteiger partial charge in [-0.25, -0.2) is 4.79 Å². The Labute approximate surface area is 88.7 Å². The molecule has 1 heterocycles. The third-order valence-electron chi connectivity index (χ3n) is 1.41. The predicted molar refractivity (Wildman–Crippen MR) is 52.1 cm³/mol. The van der Waals surface area contributed by atoms with Gasteiger partial charge in [-0.15, -0.1) is 0 Å². The first-order valence-electron chi connectivity index (χ1n) is 4.31. The van der Waals surface area contributed by atoms with Gasteiger partial charge >= 0.3 is 16.4 Å². The highest BCUT2D eigenvalue weighted by molar-refractivity contribution is 7.85. The molecular weight excluding hydrogens is 222 g/mol. The Balaban J connectivity index is 2.80. The minimum absolute atomic E-state index is 0.0722. The van der Waals surface area contributed by atoms with Crippen molar-refractivity contribution in [2.45, 2.75) is 26.4 Å². The van der Waals surface area contributed by atoms with Crippen molar-refractivity contribution < 1.29 is 22.1 Å². The van der Waals surface area contributed by atoms with E-state index in [2.05, 4.69) is 4.18 Å². The van der Waals surface area contributed by atoms with E-state index in [9.17, 15) is 13.2 Å². The Morgan fingerprint density at radius 2 is 2.07 bits per heavy atom. The molecule has 0 aromatic rings. The molecule has 0 radical (unpaired) electrons. The summed E-state index contributed by atoms with van der Waals surface area (Å²) in [6, 6.07) is 0. The monoisotopic (exact) mass is 235 g/mol. The summed E-state index contributed by atoms with van der Waals surface area (Å²) in [5, 5.41) is 0. The van der Waals surface area contributed by atoms with Gasteiger partial charge in [0.05, 0.1) is 6.54 Å². The van der Waals surface area contributed by atoms with E-state index in [1.165, 1.54) is 6.08 Å². The Hall–Kier alpha value is -1.24. The molecule has 0 unspecified atom stereocenters. The summed E-state index contributed by atoms with van der Waals surface area (Å²) in [6.07, 6.45) is 1.49. The van der Waals surface area contributed by atoms with Crippen molar-refractivity contribution >= 4 is 16.4 Å². The lowest BCUT2D eigenvalue weighted by Crippen LogP contribution is -2.42. The molecule has 0 spiro atoms. The summed E-state index contributed by atoms with van der Waals surface area (Å²) in [4.78, 5) is 11.4. The number of ether oxygens (including phenoxy) is 1. The molecule has 7 heteroatoms. The van der Waals surface area contributed by atoms with Crippen LogP contribution in [0.15, 0.2) is 12.3 Å². The maximum absolute atomic E-state index is 11.4. The molecule has 0 aliphatic carbocycles. The first kappa shape index (κ1) is 11.8. The van der Waals surface area contributed by atoms with E-state index in [1.807, 2.05) is 0 Å². The van der Waals surface area contributed by atoms with Crippen LogP contribution in [0.5, 0.6) is 0 Å². The fourth-order valence-electron chi connectivity index (χ4n) is 0.870. The van der Waals surface area contributed by atoms with Crippen molar-refractivity contribution in [3.63, 3.8) is 0 Å². The number of carbonyl (C=O) groups excluding carboxylic acids is 1. The molecule has 6 nitrogen and oxygen atoms in total. The smallest absolute Gasteiger partial charge is 0.427 e. The summed E-state index contributed by atoms with van der Waals surface area (Å²) in [7, 11) is -4.02. The molecule has 0 aromatic heterocycles. The van der Waals surface area contributed by atoms with Gasteiger partial charge in [-0.2, -0.15) is 12.7 Å². The van der Waals surface area contributed by atoms with Crippen molar-refractivity contribution in [3.05, 3.63) is 12.3 Å². The molecule has 86 valence electrons. The molecule has 0 aromatic carbocycles. The zero-order valence-corrected chi connectivity index (χ0v) is 9.58. The van der Waals surface area contributed by atoms with Gasteiger partial charge in [0.25, 0.3) is 0 Å². The molecule has 1 rings (SSSR count). The number of amides is 1. The molecule has 0 N–H and O–H groups in total. The minimum Gasteiger partial charge on any atom is -0.443 e. The molecule has 0 bridgehead atoms. The zero-order chi connectivity index (χ0) is 11.7. The molecule has 1 aliphatic heterocycles. The average molecular weight is 235 g/mol. The molecule has 1 amide bonds. The molecule has 0 saturated carbocycles. The average Bonchev–Trinajstić information content (AvgIpc) is 1.99. The molecule has 0 fully saturated rings. The fourth-order valence-corrected chi connectivity index (χ4v) is 1.68. The SMILES string of the molecule is CC(C)(C)OC(=O)N1CC=COS1(=O)=O. The van der Waals surface area contributed by atoms with E-state index in [4.69, 9.17) is 4.74 Å². The Kier molecular flexibility index (Phi) is 2.94. The van der Waals surface area contributed by atoms with E-state index in [0.717, 1.165) is 6.26 Å². The maximum Gasteiger partial charge on any atom is 0.427 e. The highest BCUT2D eigenvalue weighted by atomic mass is 32.2. The number of hydrogen-bond donors (Lipinski definition) is 0. The standard InChI is InChI=1S/C8H13NO5S/c1-8(2,3)14-7(10)9-5-4-6-13-15(9,11)12/h4,6H,5H2,1-3H3. The largest absolute Gasteiger partial charge is 0.443 e. The van der Waals surface area contributed by atoms with Crippen LogP contribution >= 0.6 is 0 Å². The second kappa shape index (κ2) is 3.73. The summed E-state index contributed by atoms with van der Waals surface area (Å²) >= 11 is 0. The Morgan fingerprint density at radius 3 is 2.53 bits per heavy atom. The highest BCUT2D eigenvalue weighted by Gasteiger charge is 2.33. The van der Waals surface area contributed by atoms with Gasteiger partial charge in [-0.05, 0) is 26.8 Å². The fraction of sp³-hybridized carbons (Fsp3) is 0.625. The molecule has 1 aliphatic rings.